The molecule has 18 heavy (non-hydrogen) atoms. The van der Waals surface area contributed by atoms with Crippen LogP contribution < -0.4 is 5.32 Å². The summed E-state index contributed by atoms with van der Waals surface area (Å²) in [7, 11) is 1.60. The second-order valence-electron chi connectivity index (χ2n) is 4.73. The lowest BCUT2D eigenvalue weighted by molar-refractivity contribution is -0.120. The molecule has 0 heterocycles. The van der Waals surface area contributed by atoms with E-state index in [9.17, 15) is 4.79 Å². The van der Waals surface area contributed by atoms with Crippen LogP contribution in [0.2, 0.25) is 0 Å². The van der Waals surface area contributed by atoms with Gasteiger partial charge in [-0.25, -0.2) is 0 Å². The van der Waals surface area contributed by atoms with Gasteiger partial charge in [0.1, 0.15) is 0 Å². The number of anilines is 1. The van der Waals surface area contributed by atoms with E-state index < -0.39 is 0 Å². The van der Waals surface area contributed by atoms with Crippen molar-refractivity contribution >= 4 is 27.5 Å². The number of halogens is 1. The highest BCUT2D eigenvalue weighted by atomic mass is 79.9. The van der Waals surface area contributed by atoms with Gasteiger partial charge in [0.05, 0.1) is 12.5 Å². The molecular formula is C14H20BrNO2. The highest BCUT2D eigenvalue weighted by Gasteiger charge is 2.15. The fraction of sp³-hybridized carbons (Fsp3) is 0.500. The molecule has 0 spiro atoms. The molecule has 1 N–H and O–H groups in total. The van der Waals surface area contributed by atoms with Crippen molar-refractivity contribution < 1.29 is 9.53 Å². The standard InChI is InChI=1S/C14H20BrNO2/c1-9(2)12-7-11(15)5-6-13(12)16-14(17)10(3)8-18-4/h5-7,9-10H,8H2,1-4H3,(H,16,17). The Morgan fingerprint density at radius 2 is 2.06 bits per heavy atom. The lowest BCUT2D eigenvalue weighted by Crippen LogP contribution is -2.24. The van der Waals surface area contributed by atoms with Crippen molar-refractivity contribution in [2.24, 2.45) is 5.92 Å². The Morgan fingerprint density at radius 1 is 1.39 bits per heavy atom. The smallest absolute Gasteiger partial charge is 0.229 e. The van der Waals surface area contributed by atoms with E-state index in [1.165, 1.54) is 0 Å². The number of carbonyl (C=O) groups is 1. The van der Waals surface area contributed by atoms with Crippen molar-refractivity contribution in [3.05, 3.63) is 28.2 Å². The number of hydrogen-bond donors (Lipinski definition) is 1. The maximum Gasteiger partial charge on any atom is 0.229 e. The molecule has 1 aromatic rings. The summed E-state index contributed by atoms with van der Waals surface area (Å²) in [5.41, 5.74) is 2.00. The molecule has 0 aliphatic rings. The number of nitrogens with one attached hydrogen (secondary N) is 1. The van der Waals surface area contributed by atoms with Crippen LogP contribution in [0.4, 0.5) is 5.69 Å². The molecule has 0 saturated heterocycles. The Kier molecular flexibility index (Phi) is 5.82. The van der Waals surface area contributed by atoms with Crippen LogP contribution in [-0.2, 0) is 9.53 Å². The Bertz CT molecular complexity index is 418. The molecule has 1 atom stereocenters. The average Bonchev–Trinajstić information content (AvgIpc) is 2.31. The molecule has 1 aromatic carbocycles. The summed E-state index contributed by atoms with van der Waals surface area (Å²) in [6.45, 7) is 6.50. The average molecular weight is 314 g/mol. The van der Waals surface area contributed by atoms with Gasteiger partial charge in [-0.3, -0.25) is 4.79 Å². The fourth-order valence-corrected chi connectivity index (χ4v) is 2.09. The van der Waals surface area contributed by atoms with Gasteiger partial charge in [-0.1, -0.05) is 36.7 Å². The summed E-state index contributed by atoms with van der Waals surface area (Å²) in [5, 5.41) is 2.96. The number of benzene rings is 1. The molecule has 1 unspecified atom stereocenters. The largest absolute Gasteiger partial charge is 0.384 e. The molecule has 1 amide bonds. The Balaban J connectivity index is 2.87. The first-order valence-electron chi connectivity index (χ1n) is 6.05. The molecule has 0 saturated carbocycles. The van der Waals surface area contributed by atoms with Crippen LogP contribution in [-0.4, -0.2) is 19.6 Å². The van der Waals surface area contributed by atoms with E-state index in [1.807, 2.05) is 25.1 Å². The summed E-state index contributed by atoms with van der Waals surface area (Å²) in [4.78, 5) is 12.0. The minimum absolute atomic E-state index is 0.0129. The van der Waals surface area contributed by atoms with Gasteiger partial charge in [-0.2, -0.15) is 0 Å². The molecule has 4 heteroatoms. The van der Waals surface area contributed by atoms with Crippen molar-refractivity contribution in [2.45, 2.75) is 26.7 Å². The zero-order chi connectivity index (χ0) is 13.7. The molecular weight excluding hydrogens is 294 g/mol. The number of amides is 1. The van der Waals surface area contributed by atoms with Crippen LogP contribution in [0.15, 0.2) is 22.7 Å². The van der Waals surface area contributed by atoms with E-state index in [-0.39, 0.29) is 11.8 Å². The quantitative estimate of drug-likeness (QED) is 0.898. The molecule has 0 bridgehead atoms. The van der Waals surface area contributed by atoms with Crippen LogP contribution in [0.25, 0.3) is 0 Å². The van der Waals surface area contributed by atoms with Crippen molar-refractivity contribution in [2.75, 3.05) is 19.0 Å². The second-order valence-corrected chi connectivity index (χ2v) is 5.65. The lowest BCUT2D eigenvalue weighted by atomic mass is 10.0. The number of methoxy groups -OCH3 is 1. The van der Waals surface area contributed by atoms with Gasteiger partial charge in [-0.05, 0) is 29.7 Å². The molecule has 3 nitrogen and oxygen atoms in total. The van der Waals surface area contributed by atoms with Gasteiger partial charge in [0.2, 0.25) is 5.91 Å². The highest BCUT2D eigenvalue weighted by molar-refractivity contribution is 9.10. The van der Waals surface area contributed by atoms with Gasteiger partial charge >= 0.3 is 0 Å². The van der Waals surface area contributed by atoms with Crippen molar-refractivity contribution in [3.8, 4) is 0 Å². The van der Waals surface area contributed by atoms with Crippen molar-refractivity contribution in [1.82, 2.24) is 0 Å². The molecule has 0 aliphatic carbocycles. The van der Waals surface area contributed by atoms with Gasteiger partial charge in [0, 0.05) is 17.3 Å². The first-order valence-corrected chi connectivity index (χ1v) is 6.84. The lowest BCUT2D eigenvalue weighted by Gasteiger charge is -2.16. The monoisotopic (exact) mass is 313 g/mol. The molecule has 0 aliphatic heterocycles. The summed E-state index contributed by atoms with van der Waals surface area (Å²) >= 11 is 3.45. The van der Waals surface area contributed by atoms with E-state index in [2.05, 4.69) is 35.1 Å². The first kappa shape index (κ1) is 15.2. The van der Waals surface area contributed by atoms with Gasteiger partial charge in [-0.15, -0.1) is 0 Å². The van der Waals surface area contributed by atoms with Gasteiger partial charge in [0.25, 0.3) is 0 Å². The van der Waals surface area contributed by atoms with E-state index in [4.69, 9.17) is 4.74 Å². The first-order chi connectivity index (χ1) is 8.45. The molecule has 0 radical (unpaired) electrons. The molecule has 0 fully saturated rings. The van der Waals surface area contributed by atoms with Crippen LogP contribution >= 0.6 is 15.9 Å². The van der Waals surface area contributed by atoms with Crippen LogP contribution in [0.3, 0.4) is 0 Å². The van der Waals surface area contributed by atoms with E-state index in [0.29, 0.717) is 12.5 Å². The van der Waals surface area contributed by atoms with Crippen LogP contribution in [0, 0.1) is 5.92 Å². The Hall–Kier alpha value is -0.870. The van der Waals surface area contributed by atoms with Crippen molar-refractivity contribution in [1.29, 1.82) is 0 Å². The zero-order valence-electron chi connectivity index (χ0n) is 11.3. The summed E-state index contributed by atoms with van der Waals surface area (Å²) in [6, 6.07) is 5.90. The predicted octanol–water partition coefficient (Wildman–Crippen LogP) is 3.79. The maximum atomic E-state index is 12.0. The number of ether oxygens (including phenoxy) is 1. The SMILES string of the molecule is COCC(C)C(=O)Nc1ccc(Br)cc1C(C)C. The third-order valence-corrected chi connectivity index (χ3v) is 3.25. The molecule has 100 valence electrons. The maximum absolute atomic E-state index is 12.0. The zero-order valence-corrected chi connectivity index (χ0v) is 12.9. The predicted molar refractivity (Wildman–Crippen MR) is 77.9 cm³/mol. The van der Waals surface area contributed by atoms with E-state index >= 15 is 0 Å². The summed E-state index contributed by atoms with van der Waals surface area (Å²) in [5.74, 6) is 0.190. The fourth-order valence-electron chi connectivity index (χ4n) is 1.71. The van der Waals surface area contributed by atoms with Crippen molar-refractivity contribution in [3.63, 3.8) is 0 Å². The Morgan fingerprint density at radius 3 is 2.61 bits per heavy atom. The summed E-state index contributed by atoms with van der Waals surface area (Å²) in [6.07, 6.45) is 0. The number of rotatable bonds is 5. The number of carbonyl (C=O) groups excluding carboxylic acids is 1. The topological polar surface area (TPSA) is 38.3 Å². The highest BCUT2D eigenvalue weighted by Crippen LogP contribution is 2.28. The Labute approximate surface area is 117 Å². The van der Waals surface area contributed by atoms with E-state index in [1.54, 1.807) is 7.11 Å². The molecule has 1 rings (SSSR count). The van der Waals surface area contributed by atoms with E-state index in [0.717, 1.165) is 15.7 Å². The minimum atomic E-state index is -0.154. The molecule has 0 aromatic heterocycles. The summed E-state index contributed by atoms with van der Waals surface area (Å²) < 4.78 is 6.01. The minimum Gasteiger partial charge on any atom is -0.384 e. The van der Waals surface area contributed by atoms with Crippen LogP contribution in [0.1, 0.15) is 32.3 Å². The third kappa shape index (κ3) is 4.10. The van der Waals surface area contributed by atoms with Crippen LogP contribution in [0.5, 0.6) is 0 Å². The van der Waals surface area contributed by atoms with Gasteiger partial charge in [0.15, 0.2) is 0 Å². The third-order valence-electron chi connectivity index (χ3n) is 2.76. The second kappa shape index (κ2) is 6.90. The normalized spacial score (nSPS) is 12.6. The van der Waals surface area contributed by atoms with Gasteiger partial charge < -0.3 is 10.1 Å². The number of hydrogen-bond acceptors (Lipinski definition) is 2.